The Bertz CT molecular complexity index is 682. The first-order chi connectivity index (χ1) is 9.24. The van der Waals surface area contributed by atoms with E-state index in [1.54, 1.807) is 0 Å². The zero-order valence-corrected chi connectivity index (χ0v) is 10.6. The molecule has 0 aliphatic carbocycles. The third-order valence-corrected chi connectivity index (χ3v) is 3.82. The molecule has 0 saturated carbocycles. The summed E-state index contributed by atoms with van der Waals surface area (Å²) in [6.07, 6.45) is 1.65. The highest BCUT2D eigenvalue weighted by molar-refractivity contribution is 5.70. The zero-order valence-electron chi connectivity index (χ0n) is 10.6. The van der Waals surface area contributed by atoms with Crippen molar-refractivity contribution in [2.45, 2.75) is 25.9 Å². The largest absolute Gasteiger partial charge is 0.367 e. The van der Waals surface area contributed by atoms with Crippen molar-refractivity contribution in [1.29, 1.82) is 0 Å². The second-order valence-electron chi connectivity index (χ2n) is 5.16. The van der Waals surface area contributed by atoms with Crippen LogP contribution in [0.2, 0.25) is 0 Å². The number of aromatic nitrogens is 3. The Kier molecular flexibility index (Phi) is 2.11. The van der Waals surface area contributed by atoms with Gasteiger partial charge in [-0.05, 0) is 0 Å². The van der Waals surface area contributed by atoms with Gasteiger partial charge in [0.25, 0.3) is 0 Å². The molecule has 0 unspecified atom stereocenters. The quantitative estimate of drug-likeness (QED) is 0.685. The van der Waals surface area contributed by atoms with Crippen LogP contribution in [-0.4, -0.2) is 21.5 Å². The maximum atomic E-state index is 5.88. The Morgan fingerprint density at radius 1 is 1.37 bits per heavy atom. The molecule has 4 heterocycles. The van der Waals surface area contributed by atoms with Gasteiger partial charge in [-0.3, -0.25) is 4.68 Å². The van der Waals surface area contributed by atoms with Crippen molar-refractivity contribution in [3.63, 3.8) is 0 Å². The van der Waals surface area contributed by atoms with Gasteiger partial charge in [0, 0.05) is 31.5 Å². The molecule has 0 atom stereocenters. The van der Waals surface area contributed by atoms with Gasteiger partial charge in [-0.15, -0.1) is 0 Å². The number of nitrogen functional groups attached to an aromatic ring is 1. The Morgan fingerprint density at radius 3 is 3.16 bits per heavy atom. The first-order valence-electron chi connectivity index (χ1n) is 6.44. The van der Waals surface area contributed by atoms with Gasteiger partial charge in [-0.25, -0.2) is 0 Å². The van der Waals surface area contributed by atoms with E-state index >= 15 is 0 Å². The lowest BCUT2D eigenvalue weighted by Gasteiger charge is -2.12. The molecule has 2 aliphatic heterocycles. The highest BCUT2D eigenvalue weighted by atomic mass is 16.5. The Morgan fingerprint density at radius 2 is 2.26 bits per heavy atom. The van der Waals surface area contributed by atoms with Gasteiger partial charge in [0.2, 0.25) is 5.88 Å². The molecule has 0 spiro atoms. The summed E-state index contributed by atoms with van der Waals surface area (Å²) < 4.78 is 7.16. The topological polar surface area (TPSA) is 81.9 Å². The monoisotopic (exact) mass is 257 g/mol. The molecule has 6 nitrogen and oxygen atoms in total. The first-order valence-corrected chi connectivity index (χ1v) is 6.44. The fourth-order valence-corrected chi connectivity index (χ4v) is 2.93. The van der Waals surface area contributed by atoms with E-state index in [4.69, 9.17) is 15.4 Å². The summed E-state index contributed by atoms with van der Waals surface area (Å²) in [5, 5.41) is 12.2. The van der Waals surface area contributed by atoms with E-state index in [0.717, 1.165) is 54.3 Å². The van der Waals surface area contributed by atoms with Crippen LogP contribution in [0.1, 0.15) is 16.8 Å². The molecule has 0 aromatic carbocycles. The lowest BCUT2D eigenvalue weighted by Crippen LogP contribution is -2.23. The first kappa shape index (κ1) is 10.8. The van der Waals surface area contributed by atoms with Crippen molar-refractivity contribution in [2.75, 3.05) is 12.3 Å². The predicted octanol–water partition coefficient (Wildman–Crippen LogP) is 0.878. The molecule has 19 heavy (non-hydrogen) atoms. The molecule has 98 valence electrons. The third-order valence-electron chi connectivity index (χ3n) is 3.82. The molecule has 0 radical (unpaired) electrons. The minimum absolute atomic E-state index is 0.392. The summed E-state index contributed by atoms with van der Waals surface area (Å²) in [6.45, 7) is 6.61. The average molecular weight is 257 g/mol. The second kappa shape index (κ2) is 3.71. The van der Waals surface area contributed by atoms with Crippen molar-refractivity contribution in [3.05, 3.63) is 29.0 Å². The smallest absolute Gasteiger partial charge is 0.226 e. The van der Waals surface area contributed by atoms with Crippen LogP contribution < -0.4 is 11.1 Å². The fourth-order valence-electron chi connectivity index (χ4n) is 2.93. The molecular formula is C13H15N5O. The highest BCUT2D eigenvalue weighted by Crippen LogP contribution is 2.36. The lowest BCUT2D eigenvalue weighted by atomic mass is 10.0. The van der Waals surface area contributed by atoms with Gasteiger partial charge in [-0.2, -0.15) is 5.10 Å². The fraction of sp³-hybridized carbons (Fsp3) is 0.385. The van der Waals surface area contributed by atoms with Gasteiger partial charge >= 0.3 is 0 Å². The van der Waals surface area contributed by atoms with Crippen LogP contribution in [-0.2, 0) is 25.9 Å². The van der Waals surface area contributed by atoms with Crippen molar-refractivity contribution in [2.24, 2.45) is 0 Å². The molecule has 3 N–H and O–H groups in total. The van der Waals surface area contributed by atoms with Crippen LogP contribution in [0, 0.1) is 0 Å². The number of allylic oxidation sites excluding steroid dienone is 1. The Balaban J connectivity index is 2.01. The molecule has 0 amide bonds. The Hall–Kier alpha value is -2.08. The van der Waals surface area contributed by atoms with E-state index in [2.05, 4.69) is 17.1 Å². The van der Waals surface area contributed by atoms with Crippen molar-refractivity contribution in [1.82, 2.24) is 20.3 Å². The summed E-state index contributed by atoms with van der Waals surface area (Å²) in [4.78, 5) is 0. The average Bonchev–Trinajstić information content (AvgIpc) is 2.87. The summed E-state index contributed by atoms with van der Waals surface area (Å²) >= 11 is 0. The molecule has 0 fully saturated rings. The van der Waals surface area contributed by atoms with E-state index < -0.39 is 0 Å². The lowest BCUT2D eigenvalue weighted by molar-refractivity contribution is 0.437. The van der Waals surface area contributed by atoms with Gasteiger partial charge in [0.05, 0.1) is 23.5 Å². The molecular weight excluding hydrogens is 242 g/mol. The maximum Gasteiger partial charge on any atom is 0.226 e. The van der Waals surface area contributed by atoms with Gasteiger partial charge in [0.15, 0.2) is 0 Å². The van der Waals surface area contributed by atoms with Gasteiger partial charge in [-0.1, -0.05) is 17.3 Å². The van der Waals surface area contributed by atoms with Crippen molar-refractivity contribution >= 4 is 5.88 Å². The molecule has 0 bridgehead atoms. The van der Waals surface area contributed by atoms with Crippen LogP contribution in [0.3, 0.4) is 0 Å². The number of fused-ring (bicyclic) bond motifs is 5. The molecule has 0 saturated heterocycles. The van der Waals surface area contributed by atoms with Gasteiger partial charge in [0.1, 0.15) is 5.69 Å². The minimum atomic E-state index is 0.392. The van der Waals surface area contributed by atoms with Crippen molar-refractivity contribution < 1.29 is 4.52 Å². The van der Waals surface area contributed by atoms with E-state index in [1.165, 1.54) is 5.56 Å². The zero-order chi connectivity index (χ0) is 13.0. The van der Waals surface area contributed by atoms with Crippen LogP contribution in [0.4, 0.5) is 5.88 Å². The third kappa shape index (κ3) is 1.46. The molecule has 2 aromatic rings. The van der Waals surface area contributed by atoms with Crippen LogP contribution in [0.25, 0.3) is 11.4 Å². The Labute approximate surface area is 110 Å². The highest BCUT2D eigenvalue weighted by Gasteiger charge is 2.29. The van der Waals surface area contributed by atoms with Crippen molar-refractivity contribution in [3.8, 4) is 11.4 Å². The molecule has 4 rings (SSSR count). The number of anilines is 1. The van der Waals surface area contributed by atoms with Crippen LogP contribution in [0.15, 0.2) is 16.7 Å². The summed E-state index contributed by atoms with van der Waals surface area (Å²) in [7, 11) is 0. The number of nitrogens with zero attached hydrogens (tertiary/aromatic N) is 3. The number of rotatable bonds is 0. The molecule has 6 heteroatoms. The van der Waals surface area contributed by atoms with E-state index in [-0.39, 0.29) is 0 Å². The summed E-state index contributed by atoms with van der Waals surface area (Å²) in [5.74, 6) is 0.392. The number of nitrogens with one attached hydrogen (secondary N) is 1. The van der Waals surface area contributed by atoms with Gasteiger partial charge < -0.3 is 15.6 Å². The maximum absolute atomic E-state index is 5.88. The standard InChI is InChI=1S/C13H15N5O/c1-7-4-8-11(17-19-13(8)14)12-9-5-15-3-2-10(9)16-18(12)6-7/h15H,1-6,14H2. The van der Waals surface area contributed by atoms with Crippen LogP contribution in [0.5, 0.6) is 0 Å². The van der Waals surface area contributed by atoms with E-state index in [9.17, 15) is 0 Å². The predicted molar refractivity (Wildman–Crippen MR) is 70.4 cm³/mol. The van der Waals surface area contributed by atoms with E-state index in [1.807, 2.05) is 4.68 Å². The molecule has 2 aromatic heterocycles. The number of hydrogen-bond donors (Lipinski definition) is 2. The summed E-state index contributed by atoms with van der Waals surface area (Å²) in [6, 6.07) is 0. The normalized spacial score (nSPS) is 17.6. The summed E-state index contributed by atoms with van der Waals surface area (Å²) in [5.41, 5.74) is 12.1. The second-order valence-corrected chi connectivity index (χ2v) is 5.16. The number of hydrogen-bond acceptors (Lipinski definition) is 5. The van der Waals surface area contributed by atoms with E-state index in [0.29, 0.717) is 12.3 Å². The minimum Gasteiger partial charge on any atom is -0.367 e. The SMILES string of the molecule is C=C1Cc2c(noc2N)-c2c3c(nn2C1)CCNC3. The van der Waals surface area contributed by atoms with Crippen LogP contribution >= 0.6 is 0 Å². The molecule has 2 aliphatic rings. The number of nitrogens with two attached hydrogens (primary N) is 1.